The largest absolute Gasteiger partial charge is 0.506 e. The van der Waals surface area contributed by atoms with Crippen LogP contribution in [-0.2, 0) is 0 Å². The van der Waals surface area contributed by atoms with Crippen molar-refractivity contribution in [3.63, 3.8) is 0 Å². The monoisotopic (exact) mass is 262 g/mol. The average Bonchev–Trinajstić information content (AvgIpc) is 2.38. The molecule has 6 nitrogen and oxygen atoms in total. The maximum atomic E-state index is 11.6. The van der Waals surface area contributed by atoms with Crippen LogP contribution in [0.25, 0.3) is 0 Å². The number of hydrogen-bond acceptors (Lipinski definition) is 3. The number of amides is 2. The molecular formula is C13H14N2O4. The molecule has 0 saturated heterocycles. The van der Waals surface area contributed by atoms with Crippen molar-refractivity contribution in [2.75, 3.05) is 5.32 Å². The molecule has 1 atom stereocenters. The molecule has 0 bridgehead atoms. The number of hydrogen-bond donors (Lipinski definition) is 4. The van der Waals surface area contributed by atoms with Gasteiger partial charge in [-0.1, -0.05) is 12.8 Å². The summed E-state index contributed by atoms with van der Waals surface area (Å²) in [6, 6.07) is 2.66. The summed E-state index contributed by atoms with van der Waals surface area (Å²) in [5, 5.41) is 23.2. The van der Waals surface area contributed by atoms with Gasteiger partial charge in [-0.2, -0.15) is 0 Å². The molecule has 0 fully saturated rings. The number of carboxylic acids is 1. The van der Waals surface area contributed by atoms with E-state index in [1.165, 1.54) is 12.1 Å². The molecule has 0 aliphatic heterocycles. The van der Waals surface area contributed by atoms with Crippen LogP contribution < -0.4 is 10.6 Å². The number of anilines is 1. The second-order valence-corrected chi connectivity index (χ2v) is 3.76. The summed E-state index contributed by atoms with van der Waals surface area (Å²) in [7, 11) is 0. The van der Waals surface area contributed by atoms with E-state index in [0.717, 1.165) is 6.07 Å². The summed E-state index contributed by atoms with van der Waals surface area (Å²) in [4.78, 5) is 22.2. The van der Waals surface area contributed by atoms with Gasteiger partial charge in [0.15, 0.2) is 0 Å². The summed E-state index contributed by atoms with van der Waals surface area (Å²) in [5.74, 6) is 0.903. The number of nitrogens with one attached hydrogen (secondary N) is 2. The Morgan fingerprint density at radius 3 is 2.63 bits per heavy atom. The lowest BCUT2D eigenvalue weighted by Crippen LogP contribution is -2.36. The van der Waals surface area contributed by atoms with Gasteiger partial charge in [0.05, 0.1) is 17.3 Å². The summed E-state index contributed by atoms with van der Waals surface area (Å²) in [6.45, 7) is 1.82. The number of carbonyl (C=O) groups is 2. The Morgan fingerprint density at radius 2 is 2.16 bits per heavy atom. The third-order valence-electron chi connectivity index (χ3n) is 2.41. The van der Waals surface area contributed by atoms with Crippen molar-refractivity contribution < 1.29 is 19.8 Å². The molecule has 100 valence electrons. The molecular weight excluding hydrogens is 248 g/mol. The van der Waals surface area contributed by atoms with Crippen molar-refractivity contribution in [2.24, 2.45) is 0 Å². The number of benzene rings is 1. The van der Waals surface area contributed by atoms with Crippen LogP contribution in [0.1, 0.15) is 23.7 Å². The van der Waals surface area contributed by atoms with Gasteiger partial charge in [-0.3, -0.25) is 0 Å². The normalized spacial score (nSPS) is 11.2. The standard InChI is InChI=1S/C13H14N2O4/c1-3-9(4-2)14-13(19)15-10-6-5-8(12(17)18)7-11(10)16/h1,5-7,9,16H,4H2,2H3,(H,17,18)(H2,14,15,19). The number of phenols is 1. The molecule has 1 aromatic carbocycles. The quantitative estimate of drug-likeness (QED) is 0.489. The molecule has 0 heterocycles. The van der Waals surface area contributed by atoms with Gasteiger partial charge in [0.25, 0.3) is 0 Å². The van der Waals surface area contributed by atoms with Crippen LogP contribution in [0.4, 0.5) is 10.5 Å². The van der Waals surface area contributed by atoms with Gasteiger partial charge in [-0.15, -0.1) is 6.42 Å². The van der Waals surface area contributed by atoms with Crippen LogP contribution >= 0.6 is 0 Å². The molecule has 4 N–H and O–H groups in total. The Balaban J connectivity index is 2.75. The first-order chi connectivity index (χ1) is 8.97. The van der Waals surface area contributed by atoms with Crippen LogP contribution in [0.5, 0.6) is 5.75 Å². The first kappa shape index (κ1) is 14.4. The van der Waals surface area contributed by atoms with Crippen molar-refractivity contribution in [1.82, 2.24) is 5.32 Å². The van der Waals surface area contributed by atoms with E-state index in [1.807, 2.05) is 6.92 Å². The van der Waals surface area contributed by atoms with E-state index >= 15 is 0 Å². The topological polar surface area (TPSA) is 98.7 Å². The third-order valence-corrected chi connectivity index (χ3v) is 2.41. The first-order valence-corrected chi connectivity index (χ1v) is 5.57. The van der Waals surface area contributed by atoms with Gasteiger partial charge in [0.1, 0.15) is 5.75 Å². The second-order valence-electron chi connectivity index (χ2n) is 3.76. The molecule has 1 aromatic rings. The van der Waals surface area contributed by atoms with E-state index in [2.05, 4.69) is 16.6 Å². The smallest absolute Gasteiger partial charge is 0.335 e. The van der Waals surface area contributed by atoms with Gasteiger partial charge < -0.3 is 20.8 Å². The first-order valence-electron chi connectivity index (χ1n) is 5.57. The van der Waals surface area contributed by atoms with Gasteiger partial charge in [0.2, 0.25) is 0 Å². The van der Waals surface area contributed by atoms with Gasteiger partial charge >= 0.3 is 12.0 Å². The summed E-state index contributed by atoms with van der Waals surface area (Å²) in [5.41, 5.74) is 0.0351. The Kier molecular flexibility index (Phi) is 4.77. The highest BCUT2D eigenvalue weighted by atomic mass is 16.4. The minimum atomic E-state index is -1.16. The molecule has 0 aliphatic rings. The molecule has 0 aromatic heterocycles. The number of aromatic hydroxyl groups is 1. The zero-order chi connectivity index (χ0) is 14.4. The zero-order valence-electron chi connectivity index (χ0n) is 10.3. The van der Waals surface area contributed by atoms with Crippen LogP contribution in [0.3, 0.4) is 0 Å². The van der Waals surface area contributed by atoms with E-state index in [1.54, 1.807) is 0 Å². The fourth-order valence-corrected chi connectivity index (χ4v) is 1.35. The maximum Gasteiger partial charge on any atom is 0.335 e. The number of aromatic carboxylic acids is 1. The number of carboxylic acid groups (broad SMARTS) is 1. The molecule has 1 unspecified atom stereocenters. The summed E-state index contributed by atoms with van der Waals surface area (Å²) in [6.07, 6.45) is 5.78. The van der Waals surface area contributed by atoms with Crippen molar-refractivity contribution in [1.29, 1.82) is 0 Å². The molecule has 2 amide bonds. The molecule has 0 spiro atoms. The van der Waals surface area contributed by atoms with Gasteiger partial charge in [-0.25, -0.2) is 9.59 Å². The molecule has 6 heteroatoms. The highest BCUT2D eigenvalue weighted by molar-refractivity contribution is 5.93. The molecule has 1 rings (SSSR count). The highest BCUT2D eigenvalue weighted by Crippen LogP contribution is 2.24. The molecule has 0 saturated carbocycles. The Bertz CT molecular complexity index is 534. The lowest BCUT2D eigenvalue weighted by atomic mass is 10.2. The fourth-order valence-electron chi connectivity index (χ4n) is 1.35. The molecule has 19 heavy (non-hydrogen) atoms. The number of terminal acetylenes is 1. The van der Waals surface area contributed by atoms with Crippen LogP contribution in [0.2, 0.25) is 0 Å². The van der Waals surface area contributed by atoms with Crippen molar-refractivity contribution in [3.05, 3.63) is 23.8 Å². The van der Waals surface area contributed by atoms with Gasteiger partial charge in [-0.05, 0) is 24.6 Å². The third kappa shape index (κ3) is 3.92. The average molecular weight is 262 g/mol. The van der Waals surface area contributed by atoms with E-state index in [4.69, 9.17) is 11.5 Å². The minimum absolute atomic E-state index is 0.0708. The van der Waals surface area contributed by atoms with Gasteiger partial charge in [0, 0.05) is 0 Å². The number of urea groups is 1. The molecule has 0 radical (unpaired) electrons. The molecule has 0 aliphatic carbocycles. The highest BCUT2D eigenvalue weighted by Gasteiger charge is 2.11. The predicted octanol–water partition coefficient (Wildman–Crippen LogP) is 1.62. The second kappa shape index (κ2) is 6.31. The number of rotatable bonds is 4. The Labute approximate surface area is 110 Å². The van der Waals surface area contributed by atoms with Crippen LogP contribution in [0.15, 0.2) is 18.2 Å². The SMILES string of the molecule is C#CC(CC)NC(=O)Nc1ccc(C(=O)O)cc1O. The minimum Gasteiger partial charge on any atom is -0.506 e. The maximum absolute atomic E-state index is 11.6. The predicted molar refractivity (Wildman–Crippen MR) is 70.1 cm³/mol. The van der Waals surface area contributed by atoms with E-state index in [0.29, 0.717) is 6.42 Å². The number of carbonyl (C=O) groups excluding carboxylic acids is 1. The van der Waals surface area contributed by atoms with E-state index in [-0.39, 0.29) is 17.0 Å². The van der Waals surface area contributed by atoms with E-state index < -0.39 is 18.0 Å². The van der Waals surface area contributed by atoms with E-state index in [9.17, 15) is 14.7 Å². The Morgan fingerprint density at radius 1 is 1.47 bits per heavy atom. The van der Waals surface area contributed by atoms with Crippen molar-refractivity contribution in [2.45, 2.75) is 19.4 Å². The lowest BCUT2D eigenvalue weighted by Gasteiger charge is -2.12. The fraction of sp³-hybridized carbons (Fsp3) is 0.231. The lowest BCUT2D eigenvalue weighted by molar-refractivity contribution is 0.0696. The van der Waals surface area contributed by atoms with Crippen LogP contribution in [-0.4, -0.2) is 28.3 Å². The van der Waals surface area contributed by atoms with Crippen molar-refractivity contribution >= 4 is 17.7 Å². The van der Waals surface area contributed by atoms with Crippen LogP contribution in [0, 0.1) is 12.3 Å². The summed E-state index contributed by atoms with van der Waals surface area (Å²) < 4.78 is 0. The zero-order valence-corrected chi connectivity index (χ0v) is 10.3. The Hall–Kier alpha value is -2.68. The van der Waals surface area contributed by atoms with Crippen molar-refractivity contribution in [3.8, 4) is 18.1 Å². The summed E-state index contributed by atoms with van der Waals surface area (Å²) >= 11 is 0. The number of phenolic OH excluding ortho intramolecular Hbond substituents is 1.